The molecule has 0 aliphatic heterocycles. The van der Waals surface area contributed by atoms with Gasteiger partial charge in [0, 0.05) is 17.9 Å². The summed E-state index contributed by atoms with van der Waals surface area (Å²) in [5.74, 6) is -3.51. The van der Waals surface area contributed by atoms with Crippen LogP contribution in [0.25, 0.3) is 0 Å². The van der Waals surface area contributed by atoms with Gasteiger partial charge >= 0.3 is 103 Å². The first-order valence-electron chi connectivity index (χ1n) is 7.59. The van der Waals surface area contributed by atoms with Crippen molar-refractivity contribution in [1.29, 1.82) is 0 Å². The van der Waals surface area contributed by atoms with Gasteiger partial charge in [0.1, 0.15) is 0 Å². The molecule has 0 fully saturated rings. The van der Waals surface area contributed by atoms with E-state index in [1.807, 2.05) is 6.08 Å². The molecule has 0 heterocycles. The molecular formula is C16H26K2O4. The zero-order valence-electron chi connectivity index (χ0n) is 14.3. The average Bonchev–Trinajstić information content (AvgIpc) is 2.39. The van der Waals surface area contributed by atoms with Crippen LogP contribution in [0, 0.1) is 5.92 Å². The molecule has 0 radical (unpaired) electrons. The maximum absolute atomic E-state index is 10.7. The van der Waals surface area contributed by atoms with Crippen LogP contribution < -0.4 is 113 Å². The summed E-state index contributed by atoms with van der Waals surface area (Å²) < 4.78 is 0. The molecule has 0 rings (SSSR count). The van der Waals surface area contributed by atoms with Gasteiger partial charge in [0.15, 0.2) is 0 Å². The topological polar surface area (TPSA) is 80.3 Å². The largest absolute Gasteiger partial charge is 1.00 e. The van der Waals surface area contributed by atoms with Crippen LogP contribution in [-0.4, -0.2) is 11.9 Å². The van der Waals surface area contributed by atoms with E-state index in [1.165, 1.54) is 25.7 Å². The van der Waals surface area contributed by atoms with Gasteiger partial charge in [0.25, 0.3) is 0 Å². The summed E-state index contributed by atoms with van der Waals surface area (Å²) >= 11 is 0. The maximum Gasteiger partial charge on any atom is 1.00 e. The number of hydrogen-bond donors (Lipinski definition) is 0. The minimum atomic E-state index is -1.32. The number of aliphatic carboxylic acids is 2. The van der Waals surface area contributed by atoms with Gasteiger partial charge in [-0.1, -0.05) is 51.0 Å². The van der Waals surface area contributed by atoms with Gasteiger partial charge in [-0.05, 0) is 25.7 Å². The second kappa shape index (κ2) is 21.0. The predicted octanol–water partition coefficient (Wildman–Crippen LogP) is -4.41. The standard InChI is InChI=1S/C16H28O4.2K/c1-2-3-4-5-6-7-8-9-10-11-12-14(16(19)20)13-15(17)18;;/h2,14H,1,3-13H2,(H,17,18)(H,19,20);;/q;2*+1/p-2. The number of carboxylic acid groups (broad SMARTS) is 2. The van der Waals surface area contributed by atoms with Crippen molar-refractivity contribution >= 4 is 11.9 Å². The Labute approximate surface area is 219 Å². The van der Waals surface area contributed by atoms with Crippen LogP contribution in [0.2, 0.25) is 0 Å². The monoisotopic (exact) mass is 360 g/mol. The second-order valence-corrected chi connectivity index (χ2v) is 5.29. The number of hydrogen-bond acceptors (Lipinski definition) is 4. The van der Waals surface area contributed by atoms with E-state index >= 15 is 0 Å². The van der Waals surface area contributed by atoms with Gasteiger partial charge in [-0.2, -0.15) is 0 Å². The Bertz CT molecular complexity index is 296. The normalized spacial score (nSPS) is 10.9. The third kappa shape index (κ3) is 20.0. The molecule has 0 aromatic carbocycles. The molecule has 0 N–H and O–H groups in total. The molecular weight excluding hydrogens is 334 g/mol. The Hall–Kier alpha value is 1.95. The van der Waals surface area contributed by atoms with Crippen LogP contribution in [-0.2, 0) is 9.59 Å². The first-order chi connectivity index (χ1) is 9.57. The quantitative estimate of drug-likeness (QED) is 0.178. The van der Waals surface area contributed by atoms with Gasteiger partial charge in [0.2, 0.25) is 0 Å². The minimum Gasteiger partial charge on any atom is -0.550 e. The molecule has 6 heteroatoms. The summed E-state index contributed by atoms with van der Waals surface area (Å²) in [6.45, 7) is 3.69. The summed E-state index contributed by atoms with van der Waals surface area (Å²) in [7, 11) is 0. The van der Waals surface area contributed by atoms with Crippen molar-refractivity contribution in [3.05, 3.63) is 12.7 Å². The molecule has 0 amide bonds. The van der Waals surface area contributed by atoms with Crippen LogP contribution in [0.5, 0.6) is 0 Å². The molecule has 4 nitrogen and oxygen atoms in total. The Kier molecular flexibility index (Phi) is 27.4. The van der Waals surface area contributed by atoms with E-state index in [9.17, 15) is 19.8 Å². The molecule has 0 saturated heterocycles. The van der Waals surface area contributed by atoms with E-state index in [-0.39, 0.29) is 103 Å². The fourth-order valence-corrected chi connectivity index (χ4v) is 2.24. The predicted molar refractivity (Wildman–Crippen MR) is 74.5 cm³/mol. The fourth-order valence-electron chi connectivity index (χ4n) is 2.24. The summed E-state index contributed by atoms with van der Waals surface area (Å²) in [6.07, 6.45) is 11.8. The molecule has 0 saturated carbocycles. The van der Waals surface area contributed by atoms with Gasteiger partial charge < -0.3 is 19.8 Å². The van der Waals surface area contributed by atoms with Crippen LogP contribution in [0.3, 0.4) is 0 Å². The molecule has 1 atom stereocenters. The van der Waals surface area contributed by atoms with Crippen LogP contribution in [0.15, 0.2) is 12.7 Å². The summed E-state index contributed by atoms with van der Waals surface area (Å²) in [5, 5.41) is 21.1. The van der Waals surface area contributed by atoms with Crippen LogP contribution in [0.1, 0.15) is 70.6 Å². The Morgan fingerprint density at radius 2 is 1.32 bits per heavy atom. The maximum atomic E-state index is 10.7. The molecule has 0 aliphatic rings. The third-order valence-electron chi connectivity index (χ3n) is 3.46. The van der Waals surface area contributed by atoms with Gasteiger partial charge in [-0.3, -0.25) is 0 Å². The molecule has 1 unspecified atom stereocenters. The van der Waals surface area contributed by atoms with Crippen LogP contribution in [0.4, 0.5) is 0 Å². The van der Waals surface area contributed by atoms with E-state index in [0.29, 0.717) is 6.42 Å². The van der Waals surface area contributed by atoms with Gasteiger partial charge in [0.05, 0.1) is 0 Å². The number of allylic oxidation sites excluding steroid dienone is 1. The zero-order valence-corrected chi connectivity index (χ0v) is 20.5. The van der Waals surface area contributed by atoms with E-state index in [0.717, 1.165) is 32.1 Å². The summed E-state index contributed by atoms with van der Waals surface area (Å²) in [6, 6.07) is 0. The molecule has 116 valence electrons. The van der Waals surface area contributed by atoms with E-state index < -0.39 is 24.3 Å². The summed E-state index contributed by atoms with van der Waals surface area (Å²) in [5.41, 5.74) is 0. The molecule has 0 aromatic heterocycles. The fraction of sp³-hybridized carbons (Fsp3) is 0.750. The van der Waals surface area contributed by atoms with Crippen molar-refractivity contribution < 1.29 is 123 Å². The number of unbranched alkanes of at least 4 members (excludes halogenated alkanes) is 8. The second-order valence-electron chi connectivity index (χ2n) is 5.29. The van der Waals surface area contributed by atoms with Crippen molar-refractivity contribution in [2.45, 2.75) is 70.6 Å². The van der Waals surface area contributed by atoms with Crippen molar-refractivity contribution in [3.8, 4) is 0 Å². The summed E-state index contributed by atoms with van der Waals surface area (Å²) in [4.78, 5) is 21.1. The number of carbonyl (C=O) groups excluding carboxylic acids is 2. The molecule has 0 bridgehead atoms. The van der Waals surface area contributed by atoms with Crippen molar-refractivity contribution in [3.63, 3.8) is 0 Å². The van der Waals surface area contributed by atoms with Crippen molar-refractivity contribution in [2.75, 3.05) is 0 Å². The number of rotatable bonds is 14. The van der Waals surface area contributed by atoms with Crippen LogP contribution >= 0.6 is 0 Å². The van der Waals surface area contributed by atoms with E-state index in [4.69, 9.17) is 0 Å². The first kappa shape index (κ1) is 28.7. The Morgan fingerprint density at radius 1 is 0.864 bits per heavy atom. The Balaban J connectivity index is -0.00000180. The minimum absolute atomic E-state index is 0. The van der Waals surface area contributed by atoms with Gasteiger partial charge in [-0.25, -0.2) is 0 Å². The molecule has 0 aliphatic carbocycles. The number of carboxylic acids is 2. The molecule has 0 spiro atoms. The van der Waals surface area contributed by atoms with Crippen molar-refractivity contribution in [1.82, 2.24) is 0 Å². The average molecular weight is 361 g/mol. The third-order valence-corrected chi connectivity index (χ3v) is 3.46. The van der Waals surface area contributed by atoms with Crippen molar-refractivity contribution in [2.24, 2.45) is 5.92 Å². The SMILES string of the molecule is C=CCCCCCCCCCCC(CC(=O)[O-])C(=O)[O-].[K+].[K+]. The zero-order chi connectivity index (χ0) is 15.2. The van der Waals surface area contributed by atoms with E-state index in [2.05, 4.69) is 6.58 Å². The Morgan fingerprint density at radius 3 is 1.73 bits per heavy atom. The van der Waals surface area contributed by atoms with E-state index in [1.54, 1.807) is 0 Å². The number of carbonyl (C=O) groups is 2. The molecule has 0 aromatic rings. The van der Waals surface area contributed by atoms with Gasteiger partial charge in [-0.15, -0.1) is 6.58 Å². The molecule has 22 heavy (non-hydrogen) atoms. The first-order valence-corrected chi connectivity index (χ1v) is 7.59. The smallest absolute Gasteiger partial charge is 0.550 e.